The third kappa shape index (κ3) is 2.13. The standard InChI is InChI=1S/C12H15N5/c1-17-15-12(14-16-17)8-10-7-6-9-4-2-3-5-11(9)13-10/h2-5,10,13H,6-8H2,1H3. The van der Waals surface area contributed by atoms with Crippen LogP contribution in [0, 0.1) is 0 Å². The second kappa shape index (κ2) is 4.16. The summed E-state index contributed by atoms with van der Waals surface area (Å²) < 4.78 is 0. The summed E-state index contributed by atoms with van der Waals surface area (Å²) in [5.41, 5.74) is 2.64. The number of nitrogens with zero attached hydrogens (tertiary/aromatic N) is 4. The summed E-state index contributed by atoms with van der Waals surface area (Å²) in [5, 5.41) is 15.6. The Kier molecular flexibility index (Phi) is 2.51. The number of hydrogen-bond acceptors (Lipinski definition) is 4. The van der Waals surface area contributed by atoms with E-state index in [0.29, 0.717) is 6.04 Å². The molecule has 0 saturated heterocycles. The van der Waals surface area contributed by atoms with Crippen molar-refractivity contribution in [2.24, 2.45) is 7.05 Å². The maximum absolute atomic E-state index is 4.22. The number of benzene rings is 1. The number of anilines is 1. The van der Waals surface area contributed by atoms with Gasteiger partial charge in [0.05, 0.1) is 7.05 Å². The Morgan fingerprint density at radius 3 is 3.12 bits per heavy atom. The van der Waals surface area contributed by atoms with Crippen LogP contribution < -0.4 is 5.32 Å². The van der Waals surface area contributed by atoms with E-state index in [0.717, 1.165) is 25.1 Å². The van der Waals surface area contributed by atoms with Crippen LogP contribution in [-0.2, 0) is 19.9 Å². The summed E-state index contributed by atoms with van der Waals surface area (Å²) in [5.74, 6) is 0.810. The van der Waals surface area contributed by atoms with E-state index in [2.05, 4.69) is 45.0 Å². The fourth-order valence-electron chi connectivity index (χ4n) is 2.28. The number of tetrazole rings is 1. The molecule has 88 valence electrons. The van der Waals surface area contributed by atoms with Gasteiger partial charge in [0.1, 0.15) is 0 Å². The first-order valence-corrected chi connectivity index (χ1v) is 5.88. The molecule has 1 aliphatic heterocycles. The van der Waals surface area contributed by atoms with Crippen molar-refractivity contribution in [3.63, 3.8) is 0 Å². The highest BCUT2D eigenvalue weighted by molar-refractivity contribution is 5.53. The van der Waals surface area contributed by atoms with Crippen molar-refractivity contribution in [2.45, 2.75) is 25.3 Å². The van der Waals surface area contributed by atoms with Gasteiger partial charge in [0.15, 0.2) is 5.82 Å². The molecule has 3 rings (SSSR count). The number of nitrogens with one attached hydrogen (secondary N) is 1. The van der Waals surface area contributed by atoms with Crippen molar-refractivity contribution in [3.8, 4) is 0 Å². The number of fused-ring (bicyclic) bond motifs is 1. The average Bonchev–Trinajstić information content (AvgIpc) is 2.75. The molecule has 5 heteroatoms. The number of aromatic nitrogens is 4. The van der Waals surface area contributed by atoms with Crippen LogP contribution in [0.4, 0.5) is 5.69 Å². The zero-order chi connectivity index (χ0) is 11.7. The van der Waals surface area contributed by atoms with Gasteiger partial charge in [-0.1, -0.05) is 18.2 Å². The van der Waals surface area contributed by atoms with E-state index in [1.807, 2.05) is 0 Å². The van der Waals surface area contributed by atoms with Gasteiger partial charge in [-0.3, -0.25) is 0 Å². The lowest BCUT2D eigenvalue weighted by Crippen LogP contribution is -2.28. The van der Waals surface area contributed by atoms with Crippen LogP contribution >= 0.6 is 0 Å². The molecule has 0 spiro atoms. The summed E-state index contributed by atoms with van der Waals surface area (Å²) in [7, 11) is 1.79. The molecule has 0 fully saturated rings. The Morgan fingerprint density at radius 2 is 2.29 bits per heavy atom. The fourth-order valence-corrected chi connectivity index (χ4v) is 2.28. The molecular weight excluding hydrogens is 214 g/mol. The molecule has 0 bridgehead atoms. The van der Waals surface area contributed by atoms with Gasteiger partial charge in [-0.05, 0) is 29.7 Å². The lowest BCUT2D eigenvalue weighted by atomic mass is 9.96. The second-order valence-electron chi connectivity index (χ2n) is 4.44. The van der Waals surface area contributed by atoms with Crippen LogP contribution in [0.15, 0.2) is 24.3 Å². The van der Waals surface area contributed by atoms with Gasteiger partial charge in [-0.15, -0.1) is 10.2 Å². The molecular formula is C12H15N5. The minimum Gasteiger partial charge on any atom is -0.382 e. The highest BCUT2D eigenvalue weighted by Crippen LogP contribution is 2.25. The van der Waals surface area contributed by atoms with Crippen molar-refractivity contribution in [1.29, 1.82) is 0 Å². The Bertz CT molecular complexity index is 519. The van der Waals surface area contributed by atoms with Crippen LogP contribution in [-0.4, -0.2) is 26.2 Å². The monoisotopic (exact) mass is 229 g/mol. The molecule has 1 aromatic carbocycles. The molecule has 1 atom stereocenters. The van der Waals surface area contributed by atoms with Crippen molar-refractivity contribution >= 4 is 5.69 Å². The minimum atomic E-state index is 0.411. The van der Waals surface area contributed by atoms with Crippen molar-refractivity contribution in [1.82, 2.24) is 20.2 Å². The largest absolute Gasteiger partial charge is 0.382 e. The molecule has 5 nitrogen and oxygen atoms in total. The SMILES string of the molecule is Cn1nnc(CC2CCc3ccccc3N2)n1. The average molecular weight is 229 g/mol. The number of hydrogen-bond donors (Lipinski definition) is 1. The minimum absolute atomic E-state index is 0.411. The van der Waals surface area contributed by atoms with E-state index in [9.17, 15) is 0 Å². The fraction of sp³-hybridized carbons (Fsp3) is 0.417. The molecule has 0 aliphatic carbocycles. The molecule has 17 heavy (non-hydrogen) atoms. The highest BCUT2D eigenvalue weighted by atomic mass is 15.6. The second-order valence-corrected chi connectivity index (χ2v) is 4.44. The lowest BCUT2D eigenvalue weighted by Gasteiger charge is -2.26. The van der Waals surface area contributed by atoms with E-state index in [1.54, 1.807) is 7.05 Å². The molecule has 1 unspecified atom stereocenters. The molecule has 1 aliphatic rings. The highest BCUT2D eigenvalue weighted by Gasteiger charge is 2.19. The number of para-hydroxylation sites is 1. The Balaban J connectivity index is 1.72. The molecule has 0 saturated carbocycles. The van der Waals surface area contributed by atoms with Crippen LogP contribution in [0.25, 0.3) is 0 Å². The Labute approximate surface area is 99.8 Å². The molecule has 0 amide bonds. The van der Waals surface area contributed by atoms with Crippen molar-refractivity contribution in [3.05, 3.63) is 35.7 Å². The van der Waals surface area contributed by atoms with Crippen molar-refractivity contribution in [2.75, 3.05) is 5.32 Å². The predicted molar refractivity (Wildman–Crippen MR) is 64.7 cm³/mol. The number of rotatable bonds is 2. The summed E-state index contributed by atoms with van der Waals surface area (Å²) in [6.45, 7) is 0. The topological polar surface area (TPSA) is 55.6 Å². The zero-order valence-electron chi connectivity index (χ0n) is 9.80. The van der Waals surface area contributed by atoms with Crippen LogP contribution in [0.2, 0.25) is 0 Å². The van der Waals surface area contributed by atoms with Gasteiger partial charge < -0.3 is 5.32 Å². The summed E-state index contributed by atoms with van der Waals surface area (Å²) in [6, 6.07) is 8.87. The van der Waals surface area contributed by atoms with Crippen molar-refractivity contribution < 1.29 is 0 Å². The van der Waals surface area contributed by atoms with E-state index in [1.165, 1.54) is 16.0 Å². The van der Waals surface area contributed by atoms with Gasteiger partial charge in [0.25, 0.3) is 0 Å². The van der Waals surface area contributed by atoms with Crippen LogP contribution in [0.3, 0.4) is 0 Å². The zero-order valence-corrected chi connectivity index (χ0v) is 9.80. The molecule has 0 radical (unpaired) electrons. The van der Waals surface area contributed by atoms with E-state index < -0.39 is 0 Å². The predicted octanol–water partition coefficient (Wildman–Crippen LogP) is 1.18. The van der Waals surface area contributed by atoms with Gasteiger partial charge in [0, 0.05) is 18.2 Å². The van der Waals surface area contributed by atoms with E-state index >= 15 is 0 Å². The normalized spacial score (nSPS) is 18.5. The first-order chi connectivity index (χ1) is 8.31. The van der Waals surface area contributed by atoms with Crippen LogP contribution in [0.1, 0.15) is 17.8 Å². The van der Waals surface area contributed by atoms with Gasteiger partial charge in [-0.2, -0.15) is 4.80 Å². The van der Waals surface area contributed by atoms with Gasteiger partial charge in [0.2, 0.25) is 0 Å². The maximum atomic E-state index is 4.22. The van der Waals surface area contributed by atoms with E-state index in [-0.39, 0.29) is 0 Å². The van der Waals surface area contributed by atoms with E-state index in [4.69, 9.17) is 0 Å². The first kappa shape index (κ1) is 10.3. The lowest BCUT2D eigenvalue weighted by molar-refractivity contribution is 0.601. The smallest absolute Gasteiger partial charge is 0.176 e. The molecule has 2 aromatic rings. The maximum Gasteiger partial charge on any atom is 0.176 e. The Hall–Kier alpha value is -1.91. The quantitative estimate of drug-likeness (QED) is 0.840. The molecule has 1 aromatic heterocycles. The summed E-state index contributed by atoms with van der Waals surface area (Å²) in [4.78, 5) is 1.51. The first-order valence-electron chi connectivity index (χ1n) is 5.88. The summed E-state index contributed by atoms with van der Waals surface area (Å²) >= 11 is 0. The Morgan fingerprint density at radius 1 is 1.41 bits per heavy atom. The van der Waals surface area contributed by atoms with Crippen LogP contribution in [0.5, 0.6) is 0 Å². The third-order valence-corrected chi connectivity index (χ3v) is 3.12. The van der Waals surface area contributed by atoms with Gasteiger partial charge in [-0.25, -0.2) is 0 Å². The van der Waals surface area contributed by atoms with Gasteiger partial charge >= 0.3 is 0 Å². The third-order valence-electron chi connectivity index (χ3n) is 3.12. The number of aryl methyl sites for hydroxylation is 2. The summed E-state index contributed by atoms with van der Waals surface area (Å²) in [6.07, 6.45) is 3.07. The molecule has 2 heterocycles. The molecule has 1 N–H and O–H groups in total.